The first-order valence-electron chi connectivity index (χ1n) is 10.4. The summed E-state index contributed by atoms with van der Waals surface area (Å²) in [5.74, 6) is 1.85. The fourth-order valence-corrected chi connectivity index (χ4v) is 4.78. The van der Waals surface area contributed by atoms with Gasteiger partial charge in [-0.2, -0.15) is 0 Å². The van der Waals surface area contributed by atoms with Crippen LogP contribution in [0.3, 0.4) is 0 Å². The summed E-state index contributed by atoms with van der Waals surface area (Å²) >= 11 is 0. The van der Waals surface area contributed by atoms with E-state index in [1.165, 1.54) is 5.56 Å². The summed E-state index contributed by atoms with van der Waals surface area (Å²) in [6.07, 6.45) is 4.10. The number of Topliss-reactive ketones (excluding diaryl/α,β-unsaturated/α-hetero) is 1. The third kappa shape index (κ3) is 3.65. The van der Waals surface area contributed by atoms with Crippen LogP contribution in [0.15, 0.2) is 24.5 Å². The van der Waals surface area contributed by atoms with Gasteiger partial charge in [0.05, 0.1) is 11.7 Å². The number of hydrogen-bond acceptors (Lipinski definition) is 4. The van der Waals surface area contributed by atoms with Gasteiger partial charge in [-0.05, 0) is 51.2 Å². The van der Waals surface area contributed by atoms with Crippen LogP contribution in [-0.2, 0) is 14.9 Å². The molecule has 4 rings (SSSR count). The number of nitrogens with zero attached hydrogens (tertiary/aromatic N) is 3. The van der Waals surface area contributed by atoms with Gasteiger partial charge in [-0.15, -0.1) is 0 Å². The van der Waals surface area contributed by atoms with E-state index in [1.54, 1.807) is 4.90 Å². The van der Waals surface area contributed by atoms with Crippen molar-refractivity contribution in [1.29, 1.82) is 0 Å². The third-order valence-electron chi connectivity index (χ3n) is 6.22. The van der Waals surface area contributed by atoms with E-state index in [1.807, 2.05) is 39.2 Å². The Morgan fingerprint density at radius 2 is 1.83 bits per heavy atom. The lowest BCUT2D eigenvalue weighted by molar-refractivity contribution is -0.122. The number of ether oxygens (including phenoxy) is 1. The van der Waals surface area contributed by atoms with Crippen molar-refractivity contribution >= 4 is 17.4 Å². The number of piperidine rings is 1. The molecule has 2 aromatic rings. The summed E-state index contributed by atoms with van der Waals surface area (Å²) in [6, 6.07) is 4.09. The van der Waals surface area contributed by atoms with Crippen LogP contribution in [0.5, 0.6) is 0 Å². The molecule has 2 aromatic heterocycles. The average Bonchev–Trinajstić information content (AvgIpc) is 2.96. The van der Waals surface area contributed by atoms with Crippen molar-refractivity contribution in [3.63, 3.8) is 0 Å². The van der Waals surface area contributed by atoms with Crippen molar-refractivity contribution < 1.29 is 14.3 Å². The highest BCUT2D eigenvalue weighted by Crippen LogP contribution is 2.53. The number of amides is 1. The average molecular weight is 398 g/mol. The number of aromatic nitrogens is 2. The minimum Gasteiger partial charge on any atom is -0.444 e. The Hall–Kier alpha value is -2.37. The van der Waals surface area contributed by atoms with Crippen molar-refractivity contribution in [3.8, 4) is 0 Å². The zero-order valence-corrected chi connectivity index (χ0v) is 18.2. The molecule has 0 N–H and O–H groups in total. The SMILES string of the molecule is Cc1cccn2c(C(C)(C)CC(=O)C3[C@H]4CN(C(=O)OC(C)(C)C)C[C@@H]34)ncc12. The van der Waals surface area contributed by atoms with Gasteiger partial charge in [-0.3, -0.25) is 4.79 Å². The molecule has 1 saturated heterocycles. The highest BCUT2D eigenvalue weighted by Gasteiger charge is 2.60. The van der Waals surface area contributed by atoms with Gasteiger partial charge in [0.25, 0.3) is 0 Å². The molecule has 1 aliphatic carbocycles. The molecule has 3 heterocycles. The highest BCUT2D eigenvalue weighted by atomic mass is 16.6. The van der Waals surface area contributed by atoms with E-state index in [2.05, 4.69) is 36.2 Å². The Bertz CT molecular complexity index is 957. The molecule has 0 spiro atoms. The zero-order valence-electron chi connectivity index (χ0n) is 18.2. The topological polar surface area (TPSA) is 63.9 Å². The van der Waals surface area contributed by atoms with E-state index in [-0.39, 0.29) is 29.3 Å². The predicted octanol–water partition coefficient (Wildman–Crippen LogP) is 3.99. The Kier molecular flexibility index (Phi) is 4.52. The molecular formula is C23H31N3O3. The third-order valence-corrected chi connectivity index (χ3v) is 6.22. The summed E-state index contributed by atoms with van der Waals surface area (Å²) in [7, 11) is 0. The number of imidazole rings is 1. The molecule has 29 heavy (non-hydrogen) atoms. The number of aryl methyl sites for hydroxylation is 1. The monoisotopic (exact) mass is 397 g/mol. The van der Waals surface area contributed by atoms with Gasteiger partial charge in [0.2, 0.25) is 0 Å². The van der Waals surface area contributed by atoms with Gasteiger partial charge in [0.15, 0.2) is 0 Å². The fraction of sp³-hybridized carbons (Fsp3) is 0.609. The molecule has 1 unspecified atom stereocenters. The number of rotatable bonds is 4. The summed E-state index contributed by atoms with van der Waals surface area (Å²) in [4.78, 5) is 31.7. The lowest BCUT2D eigenvalue weighted by atomic mass is 9.84. The van der Waals surface area contributed by atoms with Gasteiger partial charge in [0, 0.05) is 37.0 Å². The van der Waals surface area contributed by atoms with Crippen molar-refractivity contribution in [1.82, 2.24) is 14.3 Å². The van der Waals surface area contributed by atoms with Gasteiger partial charge in [0.1, 0.15) is 17.2 Å². The molecule has 1 saturated carbocycles. The smallest absolute Gasteiger partial charge is 0.410 e. The number of likely N-dealkylation sites (tertiary alicyclic amines) is 1. The van der Waals surface area contributed by atoms with E-state index in [9.17, 15) is 9.59 Å². The molecule has 0 radical (unpaired) electrons. The second-order valence-corrected chi connectivity index (χ2v) is 10.3. The second kappa shape index (κ2) is 6.57. The van der Waals surface area contributed by atoms with Gasteiger partial charge in [-0.1, -0.05) is 19.9 Å². The van der Waals surface area contributed by atoms with Crippen LogP contribution < -0.4 is 0 Å². The van der Waals surface area contributed by atoms with E-state index >= 15 is 0 Å². The Morgan fingerprint density at radius 3 is 2.45 bits per heavy atom. The van der Waals surface area contributed by atoms with E-state index in [4.69, 9.17) is 4.74 Å². The Morgan fingerprint density at radius 1 is 1.17 bits per heavy atom. The Balaban J connectivity index is 1.40. The number of fused-ring (bicyclic) bond motifs is 2. The molecular weight excluding hydrogens is 366 g/mol. The normalized spacial score (nSPS) is 23.9. The molecule has 1 aliphatic heterocycles. The molecule has 3 atom stereocenters. The van der Waals surface area contributed by atoms with Crippen LogP contribution in [-0.4, -0.2) is 44.9 Å². The van der Waals surface area contributed by atoms with E-state index in [0.717, 1.165) is 11.3 Å². The quantitative estimate of drug-likeness (QED) is 0.782. The van der Waals surface area contributed by atoms with Gasteiger partial charge < -0.3 is 14.0 Å². The minimum absolute atomic E-state index is 0.0703. The van der Waals surface area contributed by atoms with E-state index in [0.29, 0.717) is 25.3 Å². The number of ketones is 1. The van der Waals surface area contributed by atoms with Crippen LogP contribution in [0.25, 0.3) is 5.52 Å². The molecule has 2 aliphatic rings. The maximum absolute atomic E-state index is 13.1. The molecule has 2 fully saturated rings. The van der Waals surface area contributed by atoms with Crippen LogP contribution in [0.2, 0.25) is 0 Å². The summed E-state index contributed by atoms with van der Waals surface area (Å²) in [5, 5.41) is 0. The number of hydrogen-bond donors (Lipinski definition) is 0. The molecule has 6 heteroatoms. The minimum atomic E-state index is -0.492. The van der Waals surface area contributed by atoms with Crippen LogP contribution >= 0.6 is 0 Å². The molecule has 0 bridgehead atoms. The number of carbonyl (C=O) groups is 2. The first-order chi connectivity index (χ1) is 13.5. The van der Waals surface area contributed by atoms with E-state index < -0.39 is 5.60 Å². The number of pyridine rings is 1. The summed E-state index contributed by atoms with van der Waals surface area (Å²) in [6.45, 7) is 13.1. The first-order valence-corrected chi connectivity index (χ1v) is 10.4. The van der Waals surface area contributed by atoms with Crippen molar-refractivity contribution in [3.05, 3.63) is 35.9 Å². The summed E-state index contributed by atoms with van der Waals surface area (Å²) < 4.78 is 7.56. The number of carbonyl (C=O) groups excluding carboxylic acids is 2. The predicted molar refractivity (Wildman–Crippen MR) is 111 cm³/mol. The van der Waals surface area contributed by atoms with Gasteiger partial charge in [-0.25, -0.2) is 9.78 Å². The maximum atomic E-state index is 13.1. The lowest BCUT2D eigenvalue weighted by Crippen LogP contribution is -2.37. The molecule has 156 valence electrons. The van der Waals surface area contributed by atoms with Crippen LogP contribution in [0, 0.1) is 24.7 Å². The lowest BCUT2D eigenvalue weighted by Gasteiger charge is -2.26. The molecule has 0 aromatic carbocycles. The Labute approximate surface area is 172 Å². The summed E-state index contributed by atoms with van der Waals surface area (Å²) in [5.41, 5.74) is 1.42. The van der Waals surface area contributed by atoms with Crippen molar-refractivity contribution in [2.45, 2.75) is 59.0 Å². The molecule has 1 amide bonds. The van der Waals surface area contributed by atoms with Crippen molar-refractivity contribution in [2.24, 2.45) is 17.8 Å². The first kappa shape index (κ1) is 19.9. The maximum Gasteiger partial charge on any atom is 0.410 e. The second-order valence-electron chi connectivity index (χ2n) is 10.3. The zero-order chi connectivity index (χ0) is 21.1. The fourth-order valence-electron chi connectivity index (χ4n) is 4.78. The van der Waals surface area contributed by atoms with Crippen LogP contribution in [0.1, 0.15) is 52.4 Å². The largest absolute Gasteiger partial charge is 0.444 e. The highest BCUT2D eigenvalue weighted by molar-refractivity contribution is 5.86. The van der Waals surface area contributed by atoms with Crippen LogP contribution in [0.4, 0.5) is 4.79 Å². The van der Waals surface area contributed by atoms with Gasteiger partial charge >= 0.3 is 6.09 Å². The standard InChI is InChI=1S/C23H31N3O3/c1-14-8-7-9-26-17(14)11-24-20(26)23(5,6)10-18(27)19-15-12-25(13-16(15)19)21(28)29-22(2,3)4/h7-9,11,15-16,19H,10,12-13H2,1-6H3/t15-,16+,19?. The molecule has 6 nitrogen and oxygen atoms in total. The van der Waals surface area contributed by atoms with Crippen molar-refractivity contribution in [2.75, 3.05) is 13.1 Å².